The van der Waals surface area contributed by atoms with E-state index in [2.05, 4.69) is 5.32 Å². The molecule has 0 fully saturated rings. The summed E-state index contributed by atoms with van der Waals surface area (Å²) in [6.07, 6.45) is 2.19. The van der Waals surface area contributed by atoms with E-state index in [1.807, 2.05) is 20.8 Å². The van der Waals surface area contributed by atoms with E-state index in [4.69, 9.17) is 11.6 Å². The van der Waals surface area contributed by atoms with Crippen LogP contribution in [0.3, 0.4) is 0 Å². The number of carbonyl (C=O) groups is 2. The summed E-state index contributed by atoms with van der Waals surface area (Å²) >= 11 is 6.33. The lowest BCUT2D eigenvalue weighted by Crippen LogP contribution is -2.52. The van der Waals surface area contributed by atoms with Crippen molar-refractivity contribution < 1.29 is 18.0 Å². The molecule has 0 aliphatic rings. The summed E-state index contributed by atoms with van der Waals surface area (Å²) < 4.78 is 26.2. The second kappa shape index (κ2) is 12.0. The number of halogens is 1. The molecule has 0 saturated heterocycles. The Morgan fingerprint density at radius 1 is 1.06 bits per heavy atom. The van der Waals surface area contributed by atoms with Crippen molar-refractivity contribution in [2.24, 2.45) is 0 Å². The summed E-state index contributed by atoms with van der Waals surface area (Å²) in [4.78, 5) is 27.8. The monoisotopic (exact) mass is 493 g/mol. The molecule has 2 amide bonds. The van der Waals surface area contributed by atoms with E-state index in [0.717, 1.165) is 22.5 Å². The second-order valence-electron chi connectivity index (χ2n) is 7.93. The minimum Gasteiger partial charge on any atom is -0.354 e. The third-order valence-electron chi connectivity index (χ3n) is 5.23. The smallest absolute Gasteiger partial charge is 0.244 e. The van der Waals surface area contributed by atoms with Crippen molar-refractivity contribution in [2.75, 3.05) is 23.7 Å². The van der Waals surface area contributed by atoms with Crippen molar-refractivity contribution in [3.63, 3.8) is 0 Å². The Kier molecular flexibility index (Phi) is 9.73. The van der Waals surface area contributed by atoms with Gasteiger partial charge in [-0.25, -0.2) is 8.42 Å². The van der Waals surface area contributed by atoms with E-state index in [-0.39, 0.29) is 12.5 Å². The topological polar surface area (TPSA) is 86.8 Å². The first-order chi connectivity index (χ1) is 15.6. The first kappa shape index (κ1) is 26.7. The molecule has 0 bridgehead atoms. The van der Waals surface area contributed by atoms with Crippen LogP contribution in [0.4, 0.5) is 5.69 Å². The van der Waals surface area contributed by atoms with Crippen LogP contribution < -0.4 is 9.62 Å². The molecule has 180 valence electrons. The van der Waals surface area contributed by atoms with Crippen LogP contribution in [0.1, 0.15) is 37.8 Å². The molecule has 2 aromatic carbocycles. The molecule has 9 heteroatoms. The Hall–Kier alpha value is -2.58. The van der Waals surface area contributed by atoms with E-state index in [9.17, 15) is 18.0 Å². The molecule has 0 spiro atoms. The van der Waals surface area contributed by atoms with Gasteiger partial charge in [0.1, 0.15) is 12.6 Å². The van der Waals surface area contributed by atoms with Gasteiger partial charge < -0.3 is 10.2 Å². The summed E-state index contributed by atoms with van der Waals surface area (Å²) in [7, 11) is -3.75. The van der Waals surface area contributed by atoms with Gasteiger partial charge in [0.05, 0.1) is 11.9 Å². The zero-order chi connectivity index (χ0) is 24.6. The minimum atomic E-state index is -3.75. The lowest BCUT2D eigenvalue weighted by Gasteiger charge is -2.33. The maximum atomic E-state index is 13.5. The second-order valence-corrected chi connectivity index (χ2v) is 10.2. The first-order valence-corrected chi connectivity index (χ1v) is 13.2. The van der Waals surface area contributed by atoms with Crippen molar-refractivity contribution in [3.05, 3.63) is 64.7 Å². The molecular weight excluding hydrogens is 462 g/mol. The number of rotatable bonds is 11. The number of nitrogens with zero attached hydrogens (tertiary/aromatic N) is 2. The quantitative estimate of drug-likeness (QED) is 0.516. The molecule has 0 saturated carbocycles. The molecular formula is C24H32ClN3O4S. The molecule has 1 N–H and O–H groups in total. The Bertz CT molecular complexity index is 1060. The highest BCUT2D eigenvalue weighted by atomic mass is 35.5. The van der Waals surface area contributed by atoms with Crippen LogP contribution in [-0.2, 0) is 26.2 Å². The summed E-state index contributed by atoms with van der Waals surface area (Å²) in [5.41, 5.74) is 2.03. The van der Waals surface area contributed by atoms with Crippen LogP contribution >= 0.6 is 11.6 Å². The highest BCUT2D eigenvalue weighted by Gasteiger charge is 2.31. The fourth-order valence-electron chi connectivity index (χ4n) is 3.42. The Balaban J connectivity index is 2.42. The van der Waals surface area contributed by atoms with E-state index in [0.29, 0.717) is 29.2 Å². The lowest BCUT2D eigenvalue weighted by atomic mass is 10.1. The summed E-state index contributed by atoms with van der Waals surface area (Å²) in [5, 5.41) is 3.31. The standard InChI is InChI=1S/C24H32ClN3O4S/c1-5-15-26-24(30)22(6-2)27(16-19-9-7-8-10-21(19)25)23(29)17-28(33(4,31)32)20-13-11-18(3)12-14-20/h7-14,22H,5-6,15-17H2,1-4H3,(H,26,30)/t22-/m1/s1. The van der Waals surface area contributed by atoms with Crippen molar-refractivity contribution >= 4 is 39.1 Å². The molecule has 0 aromatic heterocycles. The number of anilines is 1. The van der Waals surface area contributed by atoms with E-state index >= 15 is 0 Å². The number of benzene rings is 2. The van der Waals surface area contributed by atoms with Crippen LogP contribution in [0, 0.1) is 6.92 Å². The fourth-order valence-corrected chi connectivity index (χ4v) is 4.47. The van der Waals surface area contributed by atoms with Gasteiger partial charge in [0.2, 0.25) is 21.8 Å². The SMILES string of the molecule is CCCNC(=O)[C@@H](CC)N(Cc1ccccc1Cl)C(=O)CN(c1ccc(C)cc1)S(C)(=O)=O. The van der Waals surface area contributed by atoms with Crippen molar-refractivity contribution in [3.8, 4) is 0 Å². The minimum absolute atomic E-state index is 0.0854. The lowest BCUT2D eigenvalue weighted by molar-refractivity contribution is -0.140. The Morgan fingerprint density at radius 3 is 2.24 bits per heavy atom. The predicted molar refractivity (Wildman–Crippen MR) is 133 cm³/mol. The van der Waals surface area contributed by atoms with Crippen LogP contribution in [0.5, 0.6) is 0 Å². The zero-order valence-electron chi connectivity index (χ0n) is 19.5. The van der Waals surface area contributed by atoms with Gasteiger partial charge in [0, 0.05) is 18.1 Å². The van der Waals surface area contributed by atoms with Gasteiger partial charge in [-0.2, -0.15) is 0 Å². The first-order valence-electron chi connectivity index (χ1n) is 10.9. The van der Waals surface area contributed by atoms with E-state index < -0.39 is 28.5 Å². The molecule has 0 heterocycles. The molecule has 0 aliphatic carbocycles. The van der Waals surface area contributed by atoms with Gasteiger partial charge in [-0.15, -0.1) is 0 Å². The third-order valence-corrected chi connectivity index (χ3v) is 6.74. The number of amides is 2. The van der Waals surface area contributed by atoms with Gasteiger partial charge in [0.25, 0.3) is 0 Å². The van der Waals surface area contributed by atoms with Gasteiger partial charge in [0.15, 0.2) is 0 Å². The highest BCUT2D eigenvalue weighted by molar-refractivity contribution is 7.92. The van der Waals surface area contributed by atoms with E-state index in [1.54, 1.807) is 48.5 Å². The maximum absolute atomic E-state index is 13.5. The van der Waals surface area contributed by atoms with Gasteiger partial charge >= 0.3 is 0 Å². The van der Waals surface area contributed by atoms with Crippen molar-refractivity contribution in [1.82, 2.24) is 10.2 Å². The van der Waals surface area contributed by atoms with E-state index in [1.165, 1.54) is 4.90 Å². The summed E-state index contributed by atoms with van der Waals surface area (Å²) in [5.74, 6) is -0.764. The van der Waals surface area contributed by atoms with Crippen molar-refractivity contribution in [2.45, 2.75) is 46.2 Å². The van der Waals surface area contributed by atoms with Crippen LogP contribution in [0.2, 0.25) is 5.02 Å². The molecule has 7 nitrogen and oxygen atoms in total. The average Bonchev–Trinajstić information content (AvgIpc) is 2.77. The highest BCUT2D eigenvalue weighted by Crippen LogP contribution is 2.22. The largest absolute Gasteiger partial charge is 0.354 e. The molecule has 1 atom stereocenters. The fraction of sp³-hybridized carbons (Fsp3) is 0.417. The summed E-state index contributed by atoms with van der Waals surface area (Å²) in [6.45, 7) is 5.80. The number of aryl methyl sites for hydroxylation is 1. The summed E-state index contributed by atoms with van der Waals surface area (Å²) in [6, 6.07) is 13.2. The zero-order valence-corrected chi connectivity index (χ0v) is 21.1. The molecule has 2 rings (SSSR count). The number of hydrogen-bond donors (Lipinski definition) is 1. The van der Waals surface area contributed by atoms with Crippen molar-refractivity contribution in [1.29, 1.82) is 0 Å². The van der Waals surface area contributed by atoms with Crippen LogP contribution in [-0.4, -0.2) is 50.5 Å². The molecule has 2 aromatic rings. The molecule has 0 radical (unpaired) electrons. The average molecular weight is 494 g/mol. The number of sulfonamides is 1. The van der Waals surface area contributed by atoms with Crippen LogP contribution in [0.15, 0.2) is 48.5 Å². The predicted octanol–water partition coefficient (Wildman–Crippen LogP) is 3.75. The third kappa shape index (κ3) is 7.47. The van der Waals surface area contributed by atoms with Gasteiger partial charge in [-0.1, -0.05) is 61.3 Å². The van der Waals surface area contributed by atoms with Gasteiger partial charge in [-0.3, -0.25) is 13.9 Å². The molecule has 0 unspecified atom stereocenters. The number of nitrogens with one attached hydrogen (secondary N) is 1. The Morgan fingerprint density at radius 2 is 1.70 bits per heavy atom. The number of carbonyl (C=O) groups excluding carboxylic acids is 2. The molecule has 0 aliphatic heterocycles. The maximum Gasteiger partial charge on any atom is 0.244 e. The van der Waals surface area contributed by atoms with Gasteiger partial charge in [-0.05, 0) is 43.5 Å². The normalized spacial score (nSPS) is 12.2. The molecule has 33 heavy (non-hydrogen) atoms. The Labute approximate surface area is 201 Å². The van der Waals surface area contributed by atoms with Crippen LogP contribution in [0.25, 0.3) is 0 Å². The number of hydrogen-bond acceptors (Lipinski definition) is 4.